The van der Waals surface area contributed by atoms with Gasteiger partial charge in [-0.2, -0.15) is 0 Å². The average Bonchev–Trinajstić information content (AvgIpc) is 2.74. The van der Waals surface area contributed by atoms with Gasteiger partial charge in [-0.25, -0.2) is 0 Å². The number of hydrogen-bond acceptors (Lipinski definition) is 3. The molecule has 0 bridgehead atoms. The van der Waals surface area contributed by atoms with Crippen LogP contribution in [-0.2, 0) is 0 Å². The molecule has 1 aromatic heterocycles. The minimum atomic E-state index is 0.192. The second-order valence-electron chi connectivity index (χ2n) is 5.81. The SMILES string of the molecule is CCC(N)C(c1ccc(Cl)s1)N1CCCCCC1CC. The standard InChI is InChI=1S/C16H27ClN2S/c1-3-12-8-6-5-7-11-19(12)16(13(18)4-2)14-9-10-15(17)20-14/h9-10,12-13,16H,3-8,11,18H2,1-2H3. The lowest BCUT2D eigenvalue weighted by atomic mass is 9.99. The first-order valence-corrected chi connectivity index (χ1v) is 9.13. The van der Waals surface area contributed by atoms with Crippen LogP contribution in [0, 0.1) is 0 Å². The van der Waals surface area contributed by atoms with Crippen LogP contribution >= 0.6 is 22.9 Å². The lowest BCUT2D eigenvalue weighted by Crippen LogP contribution is -2.45. The van der Waals surface area contributed by atoms with Crippen molar-refractivity contribution in [2.75, 3.05) is 6.54 Å². The molecule has 3 unspecified atom stereocenters. The Kier molecular flexibility index (Phi) is 6.34. The van der Waals surface area contributed by atoms with Crippen LogP contribution in [0.3, 0.4) is 0 Å². The molecule has 2 heterocycles. The molecule has 2 N–H and O–H groups in total. The molecule has 2 nitrogen and oxygen atoms in total. The van der Waals surface area contributed by atoms with Crippen molar-refractivity contribution in [2.45, 2.75) is 70.5 Å². The van der Waals surface area contributed by atoms with Gasteiger partial charge in [0.05, 0.1) is 10.4 Å². The van der Waals surface area contributed by atoms with Gasteiger partial charge in [0.1, 0.15) is 0 Å². The summed E-state index contributed by atoms with van der Waals surface area (Å²) >= 11 is 7.85. The third-order valence-electron chi connectivity index (χ3n) is 4.51. The van der Waals surface area contributed by atoms with E-state index in [-0.39, 0.29) is 6.04 Å². The first kappa shape index (κ1) is 16.3. The highest BCUT2D eigenvalue weighted by atomic mass is 35.5. The maximum atomic E-state index is 6.48. The summed E-state index contributed by atoms with van der Waals surface area (Å²) in [4.78, 5) is 4.01. The predicted octanol–water partition coefficient (Wildman–Crippen LogP) is 4.83. The molecule has 1 aliphatic rings. The Morgan fingerprint density at radius 2 is 2.15 bits per heavy atom. The fourth-order valence-corrected chi connectivity index (χ4v) is 4.59. The number of nitrogens with two attached hydrogens (primary N) is 1. The molecule has 0 spiro atoms. The molecule has 3 atom stereocenters. The normalized spacial score (nSPS) is 24.3. The Balaban J connectivity index is 2.28. The second kappa shape index (κ2) is 7.79. The van der Waals surface area contributed by atoms with Gasteiger partial charge >= 0.3 is 0 Å². The van der Waals surface area contributed by atoms with Crippen LogP contribution in [-0.4, -0.2) is 23.5 Å². The summed E-state index contributed by atoms with van der Waals surface area (Å²) in [5, 5.41) is 0. The van der Waals surface area contributed by atoms with Crippen molar-refractivity contribution >= 4 is 22.9 Å². The Morgan fingerprint density at radius 1 is 1.35 bits per heavy atom. The number of rotatable bonds is 5. The van der Waals surface area contributed by atoms with Crippen molar-refractivity contribution in [3.05, 3.63) is 21.3 Å². The molecule has 114 valence electrons. The first-order valence-electron chi connectivity index (χ1n) is 7.93. The fourth-order valence-electron chi connectivity index (χ4n) is 3.34. The largest absolute Gasteiger partial charge is 0.326 e. The molecule has 0 saturated carbocycles. The minimum absolute atomic E-state index is 0.192. The van der Waals surface area contributed by atoms with Gasteiger partial charge in [0.2, 0.25) is 0 Å². The quantitative estimate of drug-likeness (QED) is 0.843. The van der Waals surface area contributed by atoms with E-state index in [0.29, 0.717) is 12.1 Å². The molecule has 1 aromatic rings. The van der Waals surface area contributed by atoms with Gasteiger partial charge in [-0.05, 0) is 44.4 Å². The zero-order valence-electron chi connectivity index (χ0n) is 12.6. The maximum absolute atomic E-state index is 6.48. The van der Waals surface area contributed by atoms with Crippen LogP contribution in [0.1, 0.15) is 63.3 Å². The van der Waals surface area contributed by atoms with Gasteiger partial charge < -0.3 is 5.73 Å². The summed E-state index contributed by atoms with van der Waals surface area (Å²) in [5.74, 6) is 0. The van der Waals surface area contributed by atoms with Crippen LogP contribution in [0.15, 0.2) is 12.1 Å². The summed E-state index contributed by atoms with van der Waals surface area (Å²) in [7, 11) is 0. The molecule has 20 heavy (non-hydrogen) atoms. The van der Waals surface area contributed by atoms with Gasteiger partial charge in [0.25, 0.3) is 0 Å². The molecule has 1 aliphatic heterocycles. The number of hydrogen-bond donors (Lipinski definition) is 1. The minimum Gasteiger partial charge on any atom is -0.326 e. The highest BCUT2D eigenvalue weighted by Crippen LogP contribution is 2.36. The summed E-state index contributed by atoms with van der Waals surface area (Å²) in [5.41, 5.74) is 6.48. The molecular formula is C16H27ClN2S. The monoisotopic (exact) mass is 314 g/mol. The van der Waals surface area contributed by atoms with E-state index in [9.17, 15) is 0 Å². The topological polar surface area (TPSA) is 29.3 Å². The van der Waals surface area contributed by atoms with Crippen molar-refractivity contribution in [3.63, 3.8) is 0 Å². The number of likely N-dealkylation sites (tertiary alicyclic amines) is 1. The van der Waals surface area contributed by atoms with Gasteiger partial charge in [-0.1, -0.05) is 38.3 Å². The first-order chi connectivity index (χ1) is 9.67. The Bertz CT molecular complexity index is 407. The molecular weight excluding hydrogens is 288 g/mol. The van der Waals surface area contributed by atoms with Crippen molar-refractivity contribution in [1.29, 1.82) is 0 Å². The van der Waals surface area contributed by atoms with E-state index in [2.05, 4.69) is 24.8 Å². The van der Waals surface area contributed by atoms with Crippen molar-refractivity contribution in [2.24, 2.45) is 5.73 Å². The summed E-state index contributed by atoms with van der Waals surface area (Å²) in [6.07, 6.45) is 7.53. The molecule has 1 saturated heterocycles. The smallest absolute Gasteiger partial charge is 0.0931 e. The Morgan fingerprint density at radius 3 is 2.75 bits per heavy atom. The Hall–Kier alpha value is -0.0900. The van der Waals surface area contributed by atoms with E-state index < -0.39 is 0 Å². The Labute approximate surface area is 132 Å². The highest BCUT2D eigenvalue weighted by Gasteiger charge is 2.32. The highest BCUT2D eigenvalue weighted by molar-refractivity contribution is 7.16. The lowest BCUT2D eigenvalue weighted by Gasteiger charge is -2.39. The van der Waals surface area contributed by atoms with E-state index in [4.69, 9.17) is 17.3 Å². The second-order valence-corrected chi connectivity index (χ2v) is 7.55. The van der Waals surface area contributed by atoms with Crippen LogP contribution in [0.4, 0.5) is 0 Å². The number of thiophene rings is 1. The van der Waals surface area contributed by atoms with Crippen molar-refractivity contribution < 1.29 is 0 Å². The van der Waals surface area contributed by atoms with Gasteiger partial charge in [-0.3, -0.25) is 4.90 Å². The number of halogens is 1. The molecule has 0 amide bonds. The van der Waals surface area contributed by atoms with Gasteiger partial charge in [0, 0.05) is 17.0 Å². The van der Waals surface area contributed by atoms with Gasteiger partial charge in [-0.15, -0.1) is 11.3 Å². The summed E-state index contributed by atoms with van der Waals surface area (Å²) in [6, 6.07) is 5.37. The number of nitrogens with zero attached hydrogens (tertiary/aromatic N) is 1. The molecule has 2 rings (SSSR count). The third kappa shape index (κ3) is 3.76. The molecule has 4 heteroatoms. The molecule has 1 fully saturated rings. The van der Waals surface area contributed by atoms with Crippen LogP contribution in [0.5, 0.6) is 0 Å². The molecule has 0 radical (unpaired) electrons. The van der Waals surface area contributed by atoms with E-state index in [1.165, 1.54) is 43.5 Å². The van der Waals surface area contributed by atoms with Crippen LogP contribution in [0.25, 0.3) is 0 Å². The molecule has 0 aliphatic carbocycles. The maximum Gasteiger partial charge on any atom is 0.0931 e. The summed E-state index contributed by atoms with van der Waals surface area (Å²) < 4.78 is 0.871. The lowest BCUT2D eigenvalue weighted by molar-refractivity contribution is 0.114. The van der Waals surface area contributed by atoms with Crippen LogP contribution < -0.4 is 5.73 Å². The van der Waals surface area contributed by atoms with E-state index in [1.807, 2.05) is 6.07 Å². The molecule has 0 aromatic carbocycles. The predicted molar refractivity (Wildman–Crippen MR) is 89.6 cm³/mol. The third-order valence-corrected chi connectivity index (χ3v) is 5.82. The van der Waals surface area contributed by atoms with Gasteiger partial charge in [0.15, 0.2) is 0 Å². The van der Waals surface area contributed by atoms with E-state index >= 15 is 0 Å². The van der Waals surface area contributed by atoms with E-state index in [0.717, 1.165) is 10.8 Å². The average molecular weight is 315 g/mol. The zero-order chi connectivity index (χ0) is 14.5. The van der Waals surface area contributed by atoms with Crippen molar-refractivity contribution in [3.8, 4) is 0 Å². The van der Waals surface area contributed by atoms with Crippen molar-refractivity contribution in [1.82, 2.24) is 4.90 Å². The van der Waals surface area contributed by atoms with E-state index in [1.54, 1.807) is 11.3 Å². The summed E-state index contributed by atoms with van der Waals surface area (Å²) in [6.45, 7) is 5.66. The fraction of sp³-hybridized carbons (Fsp3) is 0.750. The zero-order valence-corrected chi connectivity index (χ0v) is 14.2. The van der Waals surface area contributed by atoms with Crippen LogP contribution in [0.2, 0.25) is 4.34 Å².